The molecule has 0 atom stereocenters. The van der Waals surface area contributed by atoms with Crippen molar-refractivity contribution in [3.63, 3.8) is 0 Å². The summed E-state index contributed by atoms with van der Waals surface area (Å²) in [5.74, 6) is 6.49. The molecule has 4 heteroatoms. The monoisotopic (exact) mass is 289 g/mol. The summed E-state index contributed by atoms with van der Waals surface area (Å²) in [6.07, 6.45) is 0. The van der Waals surface area contributed by atoms with Gasteiger partial charge in [-0.15, -0.1) is 0 Å². The van der Waals surface area contributed by atoms with Crippen LogP contribution in [0.1, 0.15) is 25.0 Å². The van der Waals surface area contributed by atoms with Crippen molar-refractivity contribution >= 4 is 0 Å². The van der Waals surface area contributed by atoms with Crippen LogP contribution in [0.25, 0.3) is 0 Å². The summed E-state index contributed by atoms with van der Waals surface area (Å²) in [6, 6.07) is 5.88. The zero-order valence-electron chi connectivity index (χ0n) is 13.0. The molecule has 0 amide bonds. The van der Waals surface area contributed by atoms with Crippen LogP contribution in [-0.2, 0) is 11.3 Å². The number of ether oxygens (including phenoxy) is 2. The number of morpholine rings is 1. The van der Waals surface area contributed by atoms with E-state index >= 15 is 0 Å². The zero-order chi connectivity index (χ0) is 15.3. The normalized spacial score (nSPS) is 17.9. The second-order valence-electron chi connectivity index (χ2n) is 5.81. The standard InChI is InChI=1S/C17H23NO3/c1-17(2)13-18(8-10-21-17)12-15-11-14(5-4-9-19)6-7-16(15)20-3/h6-7,11,19H,8-10,12-13H2,1-3H3. The molecule has 1 saturated heterocycles. The van der Waals surface area contributed by atoms with Crippen molar-refractivity contribution in [2.75, 3.05) is 33.4 Å². The van der Waals surface area contributed by atoms with Crippen molar-refractivity contribution < 1.29 is 14.6 Å². The number of methoxy groups -OCH3 is 1. The smallest absolute Gasteiger partial charge is 0.123 e. The fraction of sp³-hybridized carbons (Fsp3) is 0.529. The Labute approximate surface area is 126 Å². The van der Waals surface area contributed by atoms with Gasteiger partial charge in [0.05, 0.1) is 19.3 Å². The number of benzene rings is 1. The molecule has 21 heavy (non-hydrogen) atoms. The number of nitrogens with zero attached hydrogens (tertiary/aromatic N) is 1. The molecule has 0 spiro atoms. The van der Waals surface area contributed by atoms with E-state index in [-0.39, 0.29) is 12.2 Å². The first-order valence-electron chi connectivity index (χ1n) is 7.17. The number of hydrogen-bond acceptors (Lipinski definition) is 4. The SMILES string of the molecule is COc1ccc(C#CCO)cc1CN1CCOC(C)(C)C1. The largest absolute Gasteiger partial charge is 0.496 e. The minimum absolute atomic E-state index is 0.111. The fourth-order valence-corrected chi connectivity index (χ4v) is 2.61. The van der Waals surface area contributed by atoms with Gasteiger partial charge in [-0.2, -0.15) is 0 Å². The maximum Gasteiger partial charge on any atom is 0.123 e. The highest BCUT2D eigenvalue weighted by molar-refractivity contribution is 5.44. The molecule has 1 aliphatic heterocycles. The minimum Gasteiger partial charge on any atom is -0.496 e. The summed E-state index contributed by atoms with van der Waals surface area (Å²) < 4.78 is 11.2. The van der Waals surface area contributed by atoms with Gasteiger partial charge in [0.1, 0.15) is 12.4 Å². The Morgan fingerprint density at radius 1 is 1.43 bits per heavy atom. The molecule has 1 heterocycles. The van der Waals surface area contributed by atoms with Crippen molar-refractivity contribution in [2.24, 2.45) is 0 Å². The van der Waals surface area contributed by atoms with E-state index in [1.807, 2.05) is 18.2 Å². The summed E-state index contributed by atoms with van der Waals surface area (Å²) in [7, 11) is 1.68. The molecule has 1 aliphatic rings. The maximum absolute atomic E-state index is 8.80. The Hall–Kier alpha value is -1.54. The average molecular weight is 289 g/mol. The minimum atomic E-state index is -0.126. The first kappa shape index (κ1) is 15.8. The number of hydrogen-bond donors (Lipinski definition) is 1. The first-order valence-corrected chi connectivity index (χ1v) is 7.17. The van der Waals surface area contributed by atoms with Crippen LogP contribution in [0.4, 0.5) is 0 Å². The van der Waals surface area contributed by atoms with E-state index in [4.69, 9.17) is 14.6 Å². The molecular formula is C17H23NO3. The van der Waals surface area contributed by atoms with Crippen LogP contribution in [0.3, 0.4) is 0 Å². The topological polar surface area (TPSA) is 41.9 Å². The molecule has 0 unspecified atom stereocenters. The van der Waals surface area contributed by atoms with Gasteiger partial charge in [0.15, 0.2) is 0 Å². The lowest BCUT2D eigenvalue weighted by Gasteiger charge is -2.38. The van der Waals surface area contributed by atoms with Gasteiger partial charge in [0, 0.05) is 30.8 Å². The predicted octanol–water partition coefficient (Wildman–Crippen LogP) is 1.65. The van der Waals surface area contributed by atoms with Crippen molar-refractivity contribution in [3.05, 3.63) is 29.3 Å². The van der Waals surface area contributed by atoms with Crippen LogP contribution in [0.2, 0.25) is 0 Å². The lowest BCUT2D eigenvalue weighted by atomic mass is 10.1. The Bertz CT molecular complexity index is 543. The quantitative estimate of drug-likeness (QED) is 0.859. The molecule has 114 valence electrons. The second-order valence-corrected chi connectivity index (χ2v) is 5.81. The predicted molar refractivity (Wildman–Crippen MR) is 82.3 cm³/mol. The van der Waals surface area contributed by atoms with Gasteiger partial charge in [-0.3, -0.25) is 4.90 Å². The second kappa shape index (κ2) is 6.95. The summed E-state index contributed by atoms with van der Waals surface area (Å²) in [5.41, 5.74) is 1.90. The third kappa shape index (κ3) is 4.47. The molecule has 0 aliphatic carbocycles. The Kier molecular flexibility index (Phi) is 5.24. The van der Waals surface area contributed by atoms with Crippen LogP contribution >= 0.6 is 0 Å². The molecular weight excluding hydrogens is 266 g/mol. The molecule has 0 aromatic heterocycles. The number of rotatable bonds is 3. The Morgan fingerprint density at radius 3 is 2.90 bits per heavy atom. The highest BCUT2D eigenvalue weighted by atomic mass is 16.5. The first-order chi connectivity index (χ1) is 10.0. The van der Waals surface area contributed by atoms with E-state index in [0.29, 0.717) is 0 Å². The van der Waals surface area contributed by atoms with E-state index in [9.17, 15) is 0 Å². The summed E-state index contributed by atoms with van der Waals surface area (Å²) in [6.45, 7) is 7.46. The zero-order valence-corrected chi connectivity index (χ0v) is 13.0. The van der Waals surface area contributed by atoms with Gasteiger partial charge < -0.3 is 14.6 Å². The molecule has 1 fully saturated rings. The Morgan fingerprint density at radius 2 is 2.24 bits per heavy atom. The number of aliphatic hydroxyl groups is 1. The van der Waals surface area contributed by atoms with Gasteiger partial charge in [0.2, 0.25) is 0 Å². The summed E-state index contributed by atoms with van der Waals surface area (Å²) in [4.78, 5) is 2.37. The van der Waals surface area contributed by atoms with Gasteiger partial charge in [-0.25, -0.2) is 0 Å². The van der Waals surface area contributed by atoms with E-state index < -0.39 is 0 Å². The number of aliphatic hydroxyl groups excluding tert-OH is 1. The maximum atomic E-state index is 8.80. The highest BCUT2D eigenvalue weighted by Gasteiger charge is 2.27. The third-order valence-corrected chi connectivity index (χ3v) is 3.49. The van der Waals surface area contributed by atoms with Crippen LogP contribution < -0.4 is 4.74 Å². The molecule has 0 radical (unpaired) electrons. The molecule has 1 N–H and O–H groups in total. The van der Waals surface area contributed by atoms with E-state index in [1.54, 1.807) is 7.11 Å². The van der Waals surface area contributed by atoms with E-state index in [0.717, 1.165) is 43.1 Å². The van der Waals surface area contributed by atoms with Crippen molar-refractivity contribution in [1.29, 1.82) is 0 Å². The summed E-state index contributed by atoms with van der Waals surface area (Å²) >= 11 is 0. The van der Waals surface area contributed by atoms with Crippen molar-refractivity contribution in [3.8, 4) is 17.6 Å². The van der Waals surface area contributed by atoms with Crippen LogP contribution in [-0.4, -0.2) is 49.0 Å². The van der Waals surface area contributed by atoms with E-state index in [2.05, 4.69) is 30.6 Å². The third-order valence-electron chi connectivity index (χ3n) is 3.49. The lowest BCUT2D eigenvalue weighted by Crippen LogP contribution is -2.47. The molecule has 0 saturated carbocycles. The molecule has 1 aromatic rings. The summed E-state index contributed by atoms with van der Waals surface area (Å²) in [5, 5.41) is 8.80. The Balaban J connectivity index is 2.17. The average Bonchev–Trinajstić information content (AvgIpc) is 2.44. The van der Waals surface area contributed by atoms with Gasteiger partial charge in [0.25, 0.3) is 0 Å². The molecule has 4 nitrogen and oxygen atoms in total. The van der Waals surface area contributed by atoms with Gasteiger partial charge in [-0.1, -0.05) is 11.8 Å². The fourth-order valence-electron chi connectivity index (χ4n) is 2.61. The van der Waals surface area contributed by atoms with E-state index in [1.165, 1.54) is 0 Å². The van der Waals surface area contributed by atoms with Crippen LogP contribution in [0.15, 0.2) is 18.2 Å². The van der Waals surface area contributed by atoms with Gasteiger partial charge in [-0.05, 0) is 32.0 Å². The van der Waals surface area contributed by atoms with Crippen LogP contribution in [0.5, 0.6) is 5.75 Å². The lowest BCUT2D eigenvalue weighted by molar-refractivity contribution is -0.0883. The molecule has 2 rings (SSSR count). The molecule has 1 aromatic carbocycles. The molecule has 0 bridgehead atoms. The van der Waals surface area contributed by atoms with Crippen LogP contribution in [0, 0.1) is 11.8 Å². The van der Waals surface area contributed by atoms with Gasteiger partial charge >= 0.3 is 0 Å². The highest BCUT2D eigenvalue weighted by Crippen LogP contribution is 2.24. The van der Waals surface area contributed by atoms with Crippen molar-refractivity contribution in [2.45, 2.75) is 26.0 Å². The van der Waals surface area contributed by atoms with Crippen molar-refractivity contribution in [1.82, 2.24) is 4.90 Å².